The molecule has 4 heteroatoms. The zero-order valence-corrected chi connectivity index (χ0v) is 15.1. The van der Waals surface area contributed by atoms with Crippen molar-refractivity contribution in [3.05, 3.63) is 27.7 Å². The van der Waals surface area contributed by atoms with Crippen LogP contribution in [0.1, 0.15) is 33.1 Å². The molecule has 0 spiro atoms. The third-order valence-electron chi connectivity index (χ3n) is 5.09. The van der Waals surface area contributed by atoms with Crippen LogP contribution in [0.4, 0.5) is 5.69 Å². The lowest BCUT2D eigenvalue weighted by Crippen LogP contribution is -2.56. The van der Waals surface area contributed by atoms with Gasteiger partial charge in [-0.15, -0.1) is 0 Å². The van der Waals surface area contributed by atoms with Crippen molar-refractivity contribution in [2.75, 3.05) is 18.4 Å². The average molecular weight is 372 g/mol. The molecule has 3 rings (SSSR count). The summed E-state index contributed by atoms with van der Waals surface area (Å²) in [4.78, 5) is 2.66. The molecular formula is C17H24BrClN2. The molecular weight excluding hydrogens is 348 g/mol. The van der Waals surface area contributed by atoms with Crippen LogP contribution in [0.3, 0.4) is 0 Å². The van der Waals surface area contributed by atoms with E-state index in [0.29, 0.717) is 12.1 Å². The first-order valence-electron chi connectivity index (χ1n) is 8.00. The molecule has 1 N–H and O–H groups in total. The molecule has 1 aliphatic heterocycles. The third-order valence-corrected chi connectivity index (χ3v) is 5.98. The van der Waals surface area contributed by atoms with Crippen molar-refractivity contribution >= 4 is 33.2 Å². The van der Waals surface area contributed by atoms with Crippen LogP contribution in [0.25, 0.3) is 0 Å². The van der Waals surface area contributed by atoms with Crippen LogP contribution >= 0.6 is 27.5 Å². The summed E-state index contributed by atoms with van der Waals surface area (Å²) in [6.45, 7) is 7.10. The van der Waals surface area contributed by atoms with Gasteiger partial charge in [-0.2, -0.15) is 0 Å². The van der Waals surface area contributed by atoms with Crippen molar-refractivity contribution in [1.29, 1.82) is 0 Å². The molecule has 2 atom stereocenters. The standard InChI is InChI=1S/C17H24BrClN2/c1-11(2)21-9-12-4-3-5-13(10-21)17(12)20-16-7-6-14(19)8-15(16)18/h6-8,11-13,17,20H,3-5,9-10H2,1-2H3. The molecule has 1 aromatic rings. The smallest absolute Gasteiger partial charge is 0.0488 e. The van der Waals surface area contributed by atoms with Gasteiger partial charge in [-0.25, -0.2) is 0 Å². The summed E-state index contributed by atoms with van der Waals surface area (Å²) < 4.78 is 1.07. The van der Waals surface area contributed by atoms with E-state index in [9.17, 15) is 0 Å². The van der Waals surface area contributed by atoms with Crippen molar-refractivity contribution in [2.24, 2.45) is 11.8 Å². The molecule has 1 aliphatic carbocycles. The first kappa shape index (κ1) is 15.6. The lowest BCUT2D eigenvalue weighted by atomic mass is 9.73. The van der Waals surface area contributed by atoms with Crippen LogP contribution in [0.5, 0.6) is 0 Å². The van der Waals surface area contributed by atoms with Gasteiger partial charge >= 0.3 is 0 Å². The van der Waals surface area contributed by atoms with Crippen LogP contribution in [-0.4, -0.2) is 30.1 Å². The van der Waals surface area contributed by atoms with Gasteiger partial charge in [0, 0.05) is 40.4 Å². The Hall–Kier alpha value is -0.250. The van der Waals surface area contributed by atoms with E-state index in [4.69, 9.17) is 11.6 Å². The zero-order valence-electron chi connectivity index (χ0n) is 12.8. The number of halogens is 2. The lowest BCUT2D eigenvalue weighted by Gasteiger charge is -2.49. The highest BCUT2D eigenvalue weighted by molar-refractivity contribution is 9.10. The second-order valence-corrected chi connectivity index (χ2v) is 8.08. The van der Waals surface area contributed by atoms with Gasteiger partial charge in [0.25, 0.3) is 0 Å². The SMILES string of the molecule is CC(C)N1CC2CCCC(C1)C2Nc1ccc(Cl)cc1Br. The van der Waals surface area contributed by atoms with Crippen molar-refractivity contribution in [3.63, 3.8) is 0 Å². The van der Waals surface area contributed by atoms with Crippen molar-refractivity contribution in [3.8, 4) is 0 Å². The first-order chi connectivity index (χ1) is 10.0. The summed E-state index contributed by atoms with van der Waals surface area (Å²) in [6.07, 6.45) is 4.09. The predicted molar refractivity (Wildman–Crippen MR) is 94.1 cm³/mol. The van der Waals surface area contributed by atoms with Gasteiger partial charge < -0.3 is 10.2 Å². The molecule has 21 heavy (non-hydrogen) atoms. The highest BCUT2D eigenvalue weighted by atomic mass is 79.9. The number of nitrogens with zero attached hydrogens (tertiary/aromatic N) is 1. The molecule has 2 bridgehead atoms. The van der Waals surface area contributed by atoms with Gasteiger partial charge in [-0.1, -0.05) is 18.0 Å². The Labute approximate surface area is 141 Å². The average Bonchev–Trinajstić information content (AvgIpc) is 2.41. The topological polar surface area (TPSA) is 15.3 Å². The Kier molecular flexibility index (Phi) is 4.82. The summed E-state index contributed by atoms with van der Waals surface area (Å²) in [6, 6.07) is 7.30. The van der Waals surface area contributed by atoms with Crippen molar-refractivity contribution in [1.82, 2.24) is 4.90 Å². The van der Waals surface area contributed by atoms with Crippen LogP contribution in [0.2, 0.25) is 5.02 Å². The summed E-state index contributed by atoms with van der Waals surface area (Å²) >= 11 is 9.68. The normalized spacial score (nSPS) is 29.7. The summed E-state index contributed by atoms with van der Waals surface area (Å²) in [5.41, 5.74) is 1.18. The van der Waals surface area contributed by atoms with Crippen LogP contribution in [-0.2, 0) is 0 Å². The number of likely N-dealkylation sites (tertiary alicyclic amines) is 1. The number of benzene rings is 1. The molecule has 116 valence electrons. The van der Waals surface area contributed by atoms with Crippen LogP contribution < -0.4 is 5.32 Å². The number of fused-ring (bicyclic) bond motifs is 2. The minimum absolute atomic E-state index is 0.603. The Morgan fingerprint density at radius 3 is 2.48 bits per heavy atom. The summed E-state index contributed by atoms with van der Waals surface area (Å²) in [5.74, 6) is 1.53. The van der Waals surface area contributed by atoms with Gasteiger partial charge in [0.05, 0.1) is 0 Å². The predicted octanol–water partition coefficient (Wildman–Crippen LogP) is 5.02. The molecule has 0 aromatic heterocycles. The number of nitrogens with one attached hydrogen (secondary N) is 1. The highest BCUT2D eigenvalue weighted by Crippen LogP contribution is 2.38. The molecule has 0 radical (unpaired) electrons. The number of piperidine rings is 1. The number of rotatable bonds is 3. The number of hydrogen-bond acceptors (Lipinski definition) is 2. The Bertz CT molecular complexity index is 492. The third kappa shape index (κ3) is 3.40. The maximum Gasteiger partial charge on any atom is 0.0488 e. The van der Waals surface area contributed by atoms with Crippen LogP contribution in [0.15, 0.2) is 22.7 Å². The van der Waals surface area contributed by atoms with E-state index in [2.05, 4.69) is 46.1 Å². The fraction of sp³-hybridized carbons (Fsp3) is 0.647. The van der Waals surface area contributed by atoms with E-state index in [1.165, 1.54) is 38.0 Å². The minimum Gasteiger partial charge on any atom is -0.381 e. The molecule has 2 aliphatic rings. The second kappa shape index (κ2) is 6.47. The lowest BCUT2D eigenvalue weighted by molar-refractivity contribution is 0.0518. The van der Waals surface area contributed by atoms with Gasteiger partial charge in [-0.05, 0) is 72.7 Å². The molecule has 1 heterocycles. The zero-order chi connectivity index (χ0) is 15.0. The van der Waals surface area contributed by atoms with E-state index in [0.717, 1.165) is 21.3 Å². The van der Waals surface area contributed by atoms with Crippen molar-refractivity contribution in [2.45, 2.75) is 45.2 Å². The van der Waals surface area contributed by atoms with E-state index < -0.39 is 0 Å². The minimum atomic E-state index is 0.603. The molecule has 2 nitrogen and oxygen atoms in total. The molecule has 0 amide bonds. The molecule has 2 unspecified atom stereocenters. The quantitative estimate of drug-likeness (QED) is 0.802. The fourth-order valence-corrected chi connectivity index (χ4v) is 4.71. The maximum absolute atomic E-state index is 6.04. The van der Waals surface area contributed by atoms with Gasteiger partial charge in [0.2, 0.25) is 0 Å². The molecule has 1 saturated carbocycles. The van der Waals surface area contributed by atoms with Crippen molar-refractivity contribution < 1.29 is 0 Å². The maximum atomic E-state index is 6.04. The Morgan fingerprint density at radius 2 is 1.90 bits per heavy atom. The van der Waals surface area contributed by atoms with E-state index >= 15 is 0 Å². The number of anilines is 1. The second-order valence-electron chi connectivity index (χ2n) is 6.79. The summed E-state index contributed by atoms with van der Waals surface area (Å²) in [5, 5.41) is 4.59. The van der Waals surface area contributed by atoms with Gasteiger partial charge in [0.1, 0.15) is 0 Å². The Morgan fingerprint density at radius 1 is 1.24 bits per heavy atom. The largest absolute Gasteiger partial charge is 0.381 e. The number of hydrogen-bond donors (Lipinski definition) is 1. The van der Waals surface area contributed by atoms with E-state index in [-0.39, 0.29) is 0 Å². The fourth-order valence-electron chi connectivity index (χ4n) is 3.92. The van der Waals surface area contributed by atoms with Gasteiger partial charge in [0.15, 0.2) is 0 Å². The van der Waals surface area contributed by atoms with E-state index in [1.807, 2.05) is 12.1 Å². The van der Waals surface area contributed by atoms with E-state index in [1.54, 1.807) is 0 Å². The van der Waals surface area contributed by atoms with Gasteiger partial charge in [-0.3, -0.25) is 0 Å². The Balaban J connectivity index is 1.76. The highest BCUT2D eigenvalue weighted by Gasteiger charge is 2.40. The molecule has 1 aromatic carbocycles. The molecule has 2 fully saturated rings. The summed E-state index contributed by atoms with van der Waals surface area (Å²) in [7, 11) is 0. The first-order valence-corrected chi connectivity index (χ1v) is 9.17. The van der Waals surface area contributed by atoms with Crippen LogP contribution in [0, 0.1) is 11.8 Å². The molecule has 1 saturated heterocycles. The monoisotopic (exact) mass is 370 g/mol.